The Kier molecular flexibility index (Phi) is 6.82. The molecule has 32 heavy (non-hydrogen) atoms. The van der Waals surface area contributed by atoms with E-state index in [1.165, 1.54) is 45.9 Å². The van der Waals surface area contributed by atoms with Crippen LogP contribution in [0.5, 0.6) is 5.88 Å². The van der Waals surface area contributed by atoms with Crippen LogP contribution >= 0.6 is 0 Å². The molecule has 11 heteroatoms. The Labute approximate surface area is 187 Å². The summed E-state index contributed by atoms with van der Waals surface area (Å²) >= 11 is 0. The van der Waals surface area contributed by atoms with Gasteiger partial charge in [-0.1, -0.05) is 0 Å². The van der Waals surface area contributed by atoms with Gasteiger partial charge in [0.1, 0.15) is 11.7 Å². The molecule has 0 radical (unpaired) electrons. The predicted molar refractivity (Wildman–Crippen MR) is 120 cm³/mol. The zero-order valence-corrected chi connectivity index (χ0v) is 19.5. The van der Waals surface area contributed by atoms with E-state index in [1.807, 2.05) is 13.8 Å². The second-order valence-corrected chi connectivity index (χ2v) is 9.21. The molecular weight excluding hydrogens is 434 g/mol. The van der Waals surface area contributed by atoms with E-state index in [0.29, 0.717) is 24.0 Å². The quantitative estimate of drug-likeness (QED) is 0.542. The van der Waals surface area contributed by atoms with E-state index in [1.54, 1.807) is 17.0 Å². The molecule has 0 fully saturated rings. The third-order valence-corrected chi connectivity index (χ3v) is 7.05. The van der Waals surface area contributed by atoms with Crippen LogP contribution in [0.3, 0.4) is 0 Å². The number of aliphatic hydroxyl groups excluding tert-OH is 1. The maximum atomic E-state index is 13.3. The van der Waals surface area contributed by atoms with Crippen molar-refractivity contribution in [3.8, 4) is 5.88 Å². The van der Waals surface area contributed by atoms with Crippen molar-refractivity contribution in [2.24, 2.45) is 0 Å². The van der Waals surface area contributed by atoms with E-state index >= 15 is 0 Å². The second-order valence-electron chi connectivity index (χ2n) is 7.22. The molecule has 10 nitrogen and oxygen atoms in total. The van der Waals surface area contributed by atoms with E-state index in [0.717, 1.165) is 8.28 Å². The van der Waals surface area contributed by atoms with Gasteiger partial charge in [-0.3, -0.25) is 9.78 Å². The van der Waals surface area contributed by atoms with Gasteiger partial charge in [-0.2, -0.15) is 12.7 Å². The van der Waals surface area contributed by atoms with Crippen LogP contribution in [0.2, 0.25) is 0 Å². The van der Waals surface area contributed by atoms with Gasteiger partial charge in [0, 0.05) is 56.7 Å². The molecule has 0 aliphatic heterocycles. The molecule has 0 aliphatic rings. The summed E-state index contributed by atoms with van der Waals surface area (Å²) in [5.41, 5.74) is 0.715. The van der Waals surface area contributed by atoms with E-state index in [2.05, 4.69) is 9.97 Å². The normalized spacial score (nSPS) is 12.8. The lowest BCUT2D eigenvalue weighted by molar-refractivity contribution is 0.0763. The van der Waals surface area contributed by atoms with Crippen LogP contribution < -0.4 is 4.74 Å². The van der Waals surface area contributed by atoms with E-state index in [9.17, 15) is 18.3 Å². The highest BCUT2D eigenvalue weighted by Crippen LogP contribution is 2.34. The van der Waals surface area contributed by atoms with E-state index < -0.39 is 16.3 Å². The summed E-state index contributed by atoms with van der Waals surface area (Å²) in [6.07, 6.45) is 2.95. The van der Waals surface area contributed by atoms with Crippen molar-refractivity contribution in [2.75, 3.05) is 34.3 Å². The summed E-state index contributed by atoms with van der Waals surface area (Å²) in [7, 11) is 0.199. The summed E-state index contributed by atoms with van der Waals surface area (Å²) in [5, 5.41) is 11.9. The number of carbonyl (C=O) groups excluding carboxylic acids is 1. The molecule has 3 aromatic heterocycles. The smallest absolute Gasteiger partial charge is 0.307 e. The number of ether oxygens (including phenoxy) is 1. The van der Waals surface area contributed by atoms with Crippen molar-refractivity contribution in [1.29, 1.82) is 0 Å². The number of pyridine rings is 2. The molecule has 1 amide bonds. The van der Waals surface area contributed by atoms with Gasteiger partial charge >= 0.3 is 10.2 Å². The Balaban J connectivity index is 2.30. The number of rotatable bonds is 8. The van der Waals surface area contributed by atoms with E-state index in [4.69, 9.17) is 4.74 Å². The van der Waals surface area contributed by atoms with Crippen molar-refractivity contribution in [3.05, 3.63) is 53.6 Å². The zero-order valence-electron chi connectivity index (χ0n) is 18.7. The Hall–Kier alpha value is -3.02. The summed E-state index contributed by atoms with van der Waals surface area (Å²) in [5.74, 6) is -0.313. The highest BCUT2D eigenvalue weighted by Gasteiger charge is 2.32. The lowest BCUT2D eigenvalue weighted by Gasteiger charge is -2.24. The van der Waals surface area contributed by atoms with Crippen molar-refractivity contribution < 1.29 is 23.1 Å². The fourth-order valence-corrected chi connectivity index (χ4v) is 4.71. The topological polar surface area (TPSA) is 118 Å². The summed E-state index contributed by atoms with van der Waals surface area (Å²) < 4.78 is 33.7. The second kappa shape index (κ2) is 9.23. The molecule has 1 atom stereocenters. The van der Waals surface area contributed by atoms with Crippen molar-refractivity contribution in [1.82, 2.24) is 23.1 Å². The Bertz CT molecular complexity index is 1230. The van der Waals surface area contributed by atoms with Gasteiger partial charge in [0.05, 0.1) is 18.3 Å². The summed E-state index contributed by atoms with van der Waals surface area (Å²) in [6, 6.07) is 4.60. The number of fused-ring (bicyclic) bond motifs is 1. The predicted octanol–water partition coefficient (Wildman–Crippen LogP) is 1.66. The number of methoxy groups -OCH3 is 1. The third-order valence-electron chi connectivity index (χ3n) is 5.26. The number of hydrogen-bond acceptors (Lipinski definition) is 7. The number of hydrogen-bond donors (Lipinski definition) is 1. The molecule has 0 saturated carbocycles. The van der Waals surface area contributed by atoms with Gasteiger partial charge in [0.2, 0.25) is 5.88 Å². The SMILES string of the molecule is CCN(CC)C(=O)c1c(C(O)c2cc3cnccc3n2S(=O)(=O)N(C)C)ccnc1OC. The van der Waals surface area contributed by atoms with Crippen molar-refractivity contribution >= 4 is 27.0 Å². The first-order chi connectivity index (χ1) is 15.2. The maximum absolute atomic E-state index is 13.3. The minimum absolute atomic E-state index is 0.0539. The molecule has 0 aliphatic carbocycles. The average Bonchev–Trinajstić information content (AvgIpc) is 3.19. The number of amides is 1. The molecule has 3 rings (SSSR count). The number of aliphatic hydroxyl groups is 1. The summed E-state index contributed by atoms with van der Waals surface area (Å²) in [4.78, 5) is 23.0. The van der Waals surface area contributed by atoms with Crippen molar-refractivity contribution in [3.63, 3.8) is 0 Å². The molecular formula is C21H27N5O5S. The van der Waals surface area contributed by atoms with Gasteiger partial charge < -0.3 is 14.7 Å². The summed E-state index contributed by atoms with van der Waals surface area (Å²) in [6.45, 7) is 4.58. The first-order valence-electron chi connectivity index (χ1n) is 10.1. The maximum Gasteiger partial charge on any atom is 0.307 e. The average molecular weight is 462 g/mol. The van der Waals surface area contributed by atoms with Crippen LogP contribution in [0.4, 0.5) is 0 Å². The Morgan fingerprint density at radius 2 is 1.91 bits per heavy atom. The number of carbonyl (C=O) groups is 1. The number of aromatic nitrogens is 3. The Morgan fingerprint density at radius 1 is 1.22 bits per heavy atom. The Morgan fingerprint density at radius 3 is 2.50 bits per heavy atom. The molecule has 1 N–H and O–H groups in total. The molecule has 172 valence electrons. The van der Waals surface area contributed by atoms with Gasteiger partial charge in [-0.05, 0) is 32.0 Å². The number of nitrogens with zero attached hydrogens (tertiary/aromatic N) is 5. The molecule has 0 saturated heterocycles. The van der Waals surface area contributed by atoms with Gasteiger partial charge in [0.15, 0.2) is 0 Å². The van der Waals surface area contributed by atoms with Crippen LogP contribution in [-0.2, 0) is 10.2 Å². The molecule has 0 aromatic carbocycles. The molecule has 1 unspecified atom stereocenters. The first kappa shape index (κ1) is 23.6. The molecule has 0 spiro atoms. The van der Waals surface area contributed by atoms with Gasteiger partial charge in [-0.25, -0.2) is 8.96 Å². The highest BCUT2D eigenvalue weighted by atomic mass is 32.2. The minimum atomic E-state index is -4.00. The highest BCUT2D eigenvalue weighted by molar-refractivity contribution is 7.87. The molecule has 0 bridgehead atoms. The fraction of sp³-hybridized carbons (Fsp3) is 0.381. The monoisotopic (exact) mass is 461 g/mol. The van der Waals surface area contributed by atoms with Crippen LogP contribution in [-0.4, -0.2) is 76.9 Å². The van der Waals surface area contributed by atoms with Crippen LogP contribution in [0.25, 0.3) is 10.9 Å². The van der Waals surface area contributed by atoms with Crippen LogP contribution in [0.1, 0.15) is 41.6 Å². The van der Waals surface area contributed by atoms with E-state index in [-0.39, 0.29) is 28.6 Å². The first-order valence-corrected chi connectivity index (χ1v) is 11.5. The third kappa shape index (κ3) is 3.94. The lowest BCUT2D eigenvalue weighted by atomic mass is 10.0. The standard InChI is InChI=1S/C21H27N5O5S/c1-6-25(7-2)21(28)18-15(8-11-23-20(18)31-5)19(27)17-12-14-13-22-10-9-16(14)26(17)32(29,30)24(3)4/h8-13,19,27H,6-7H2,1-5H3. The van der Waals surface area contributed by atoms with Gasteiger partial charge in [-0.15, -0.1) is 0 Å². The minimum Gasteiger partial charge on any atom is -0.480 e. The zero-order chi connectivity index (χ0) is 23.6. The molecule has 3 heterocycles. The van der Waals surface area contributed by atoms with Crippen LogP contribution in [0.15, 0.2) is 36.8 Å². The van der Waals surface area contributed by atoms with Gasteiger partial charge in [0.25, 0.3) is 5.91 Å². The molecule has 3 aromatic rings. The lowest BCUT2D eigenvalue weighted by Crippen LogP contribution is -2.33. The largest absolute Gasteiger partial charge is 0.480 e. The fourth-order valence-electron chi connectivity index (χ4n) is 3.55. The van der Waals surface area contributed by atoms with Crippen LogP contribution in [0, 0.1) is 0 Å². The van der Waals surface area contributed by atoms with Crippen molar-refractivity contribution in [2.45, 2.75) is 20.0 Å².